The van der Waals surface area contributed by atoms with E-state index in [2.05, 4.69) is 31.1 Å². The van der Waals surface area contributed by atoms with Crippen LogP contribution in [0, 0.1) is 0 Å². The molecule has 0 bridgehead atoms. The van der Waals surface area contributed by atoms with Crippen LogP contribution in [-0.4, -0.2) is 15.1 Å². The number of nitrogen functional groups attached to an aromatic ring is 1. The summed E-state index contributed by atoms with van der Waals surface area (Å²) in [4.78, 5) is 9.36. The van der Waals surface area contributed by atoms with Gasteiger partial charge >= 0.3 is 0 Å². The highest BCUT2D eigenvalue weighted by Crippen LogP contribution is 2.30. The Balaban J connectivity index is 1.99. The van der Waals surface area contributed by atoms with Crippen molar-refractivity contribution in [3.63, 3.8) is 0 Å². The van der Waals surface area contributed by atoms with Gasteiger partial charge in [-0.15, -0.1) is 11.3 Å². The summed E-state index contributed by atoms with van der Waals surface area (Å²) < 4.78 is 6.20. The van der Waals surface area contributed by atoms with Crippen molar-refractivity contribution >= 4 is 33.1 Å². The molecular formula is C11H7BrN4OS. The molecule has 0 fully saturated rings. The molecule has 3 rings (SSSR count). The van der Waals surface area contributed by atoms with Crippen LogP contribution in [0.25, 0.3) is 22.3 Å². The molecule has 0 saturated carbocycles. The van der Waals surface area contributed by atoms with E-state index in [-0.39, 0.29) is 0 Å². The van der Waals surface area contributed by atoms with Crippen molar-refractivity contribution in [1.29, 1.82) is 0 Å². The van der Waals surface area contributed by atoms with Crippen LogP contribution in [0.2, 0.25) is 0 Å². The van der Waals surface area contributed by atoms with Crippen molar-refractivity contribution in [3.05, 3.63) is 34.1 Å². The van der Waals surface area contributed by atoms with Gasteiger partial charge in [0.25, 0.3) is 5.89 Å². The molecule has 0 aliphatic heterocycles. The lowest BCUT2D eigenvalue weighted by Crippen LogP contribution is -1.91. The van der Waals surface area contributed by atoms with Gasteiger partial charge in [0.2, 0.25) is 5.82 Å². The summed E-state index contributed by atoms with van der Waals surface area (Å²) in [5.74, 6) is 1.33. The number of aromatic nitrogens is 3. The molecule has 0 amide bonds. The average Bonchev–Trinajstić information content (AvgIpc) is 2.97. The zero-order valence-electron chi connectivity index (χ0n) is 9.00. The first-order valence-corrected chi connectivity index (χ1v) is 6.65. The van der Waals surface area contributed by atoms with Gasteiger partial charge in [0.1, 0.15) is 11.5 Å². The average molecular weight is 323 g/mol. The third-order valence-corrected chi connectivity index (χ3v) is 3.83. The number of halogens is 1. The van der Waals surface area contributed by atoms with E-state index in [4.69, 9.17) is 10.3 Å². The van der Waals surface area contributed by atoms with Crippen molar-refractivity contribution in [2.75, 3.05) is 5.73 Å². The zero-order valence-corrected chi connectivity index (χ0v) is 11.4. The second-order valence-electron chi connectivity index (χ2n) is 3.47. The molecule has 0 saturated heterocycles. The van der Waals surface area contributed by atoms with Gasteiger partial charge in [-0.05, 0) is 40.2 Å². The van der Waals surface area contributed by atoms with Crippen LogP contribution in [0.1, 0.15) is 0 Å². The van der Waals surface area contributed by atoms with Gasteiger partial charge in [0, 0.05) is 0 Å². The molecule has 7 heteroatoms. The summed E-state index contributed by atoms with van der Waals surface area (Å²) in [7, 11) is 0. The van der Waals surface area contributed by atoms with Gasteiger partial charge in [-0.25, -0.2) is 4.98 Å². The van der Waals surface area contributed by atoms with Gasteiger partial charge in [-0.3, -0.25) is 0 Å². The maximum Gasteiger partial charge on any atom is 0.276 e. The highest BCUT2D eigenvalue weighted by atomic mass is 79.9. The number of hydrogen-bond donors (Lipinski definition) is 1. The maximum absolute atomic E-state index is 5.61. The molecule has 90 valence electrons. The second kappa shape index (κ2) is 4.51. The minimum Gasteiger partial charge on any atom is -0.384 e. The molecule has 0 aliphatic rings. The first-order valence-electron chi connectivity index (χ1n) is 5.05. The number of rotatable bonds is 2. The molecule has 2 N–H and O–H groups in total. The van der Waals surface area contributed by atoms with Crippen molar-refractivity contribution in [3.8, 4) is 22.3 Å². The third kappa shape index (κ3) is 2.14. The van der Waals surface area contributed by atoms with Crippen LogP contribution in [0.5, 0.6) is 0 Å². The Morgan fingerprint density at radius 2 is 2.06 bits per heavy atom. The topological polar surface area (TPSA) is 77.8 Å². The summed E-state index contributed by atoms with van der Waals surface area (Å²) in [5.41, 5.74) is 6.19. The van der Waals surface area contributed by atoms with Gasteiger partial charge in [0.05, 0.1) is 8.66 Å². The summed E-state index contributed by atoms with van der Waals surface area (Å²) >= 11 is 4.93. The Kier molecular flexibility index (Phi) is 2.85. The SMILES string of the molecule is Nc1cccc(-c2nc(-c3ccc(Br)s3)no2)n1. The number of anilines is 1. The standard InChI is InChI=1S/C11H7BrN4OS/c12-8-5-4-7(18-8)10-15-11(17-16-10)6-2-1-3-9(13)14-6/h1-5H,(H2,13,14). The van der Waals surface area contributed by atoms with E-state index >= 15 is 0 Å². The van der Waals surface area contributed by atoms with E-state index < -0.39 is 0 Å². The minimum absolute atomic E-state index is 0.363. The Labute approximate surface area is 115 Å². The van der Waals surface area contributed by atoms with Crippen LogP contribution in [0.4, 0.5) is 5.82 Å². The van der Waals surface area contributed by atoms with Gasteiger partial charge in [-0.2, -0.15) is 4.98 Å². The molecule has 18 heavy (non-hydrogen) atoms. The summed E-state index contributed by atoms with van der Waals surface area (Å²) in [5, 5.41) is 3.93. The highest BCUT2D eigenvalue weighted by Gasteiger charge is 2.13. The van der Waals surface area contributed by atoms with Crippen LogP contribution in [-0.2, 0) is 0 Å². The molecule has 0 spiro atoms. The second-order valence-corrected chi connectivity index (χ2v) is 5.94. The highest BCUT2D eigenvalue weighted by molar-refractivity contribution is 9.11. The molecule has 3 heterocycles. The van der Waals surface area contributed by atoms with E-state index in [0.717, 1.165) is 8.66 Å². The number of nitrogens with zero attached hydrogens (tertiary/aromatic N) is 3. The molecule has 0 aromatic carbocycles. The number of thiophene rings is 1. The van der Waals surface area contributed by atoms with Crippen LogP contribution in [0.3, 0.4) is 0 Å². The fraction of sp³-hybridized carbons (Fsp3) is 0. The van der Waals surface area contributed by atoms with Crippen LogP contribution < -0.4 is 5.73 Å². The Bertz CT molecular complexity index is 694. The quantitative estimate of drug-likeness (QED) is 0.783. The van der Waals surface area contributed by atoms with Crippen LogP contribution in [0.15, 0.2) is 38.6 Å². The maximum atomic E-state index is 5.61. The first-order chi connectivity index (χ1) is 8.72. The molecule has 3 aromatic rings. The number of hydrogen-bond acceptors (Lipinski definition) is 6. The smallest absolute Gasteiger partial charge is 0.276 e. The molecule has 3 aromatic heterocycles. The van der Waals surface area contributed by atoms with Gasteiger partial charge in [-0.1, -0.05) is 11.2 Å². The predicted molar refractivity (Wildman–Crippen MR) is 73.0 cm³/mol. The fourth-order valence-corrected chi connectivity index (χ4v) is 2.74. The van der Waals surface area contributed by atoms with Crippen molar-refractivity contribution in [1.82, 2.24) is 15.1 Å². The first kappa shape index (κ1) is 11.4. The van der Waals surface area contributed by atoms with Crippen molar-refractivity contribution < 1.29 is 4.52 Å². The normalized spacial score (nSPS) is 10.7. The van der Waals surface area contributed by atoms with Crippen molar-refractivity contribution in [2.24, 2.45) is 0 Å². The predicted octanol–water partition coefficient (Wildman–Crippen LogP) is 3.20. The lowest BCUT2D eigenvalue weighted by molar-refractivity contribution is 0.431. The van der Waals surface area contributed by atoms with E-state index in [0.29, 0.717) is 23.2 Å². The zero-order chi connectivity index (χ0) is 12.5. The molecule has 5 nitrogen and oxygen atoms in total. The Morgan fingerprint density at radius 1 is 1.17 bits per heavy atom. The Hall–Kier alpha value is -1.73. The lowest BCUT2D eigenvalue weighted by atomic mass is 10.3. The van der Waals surface area contributed by atoms with E-state index in [1.54, 1.807) is 18.2 Å². The monoisotopic (exact) mass is 322 g/mol. The summed E-state index contributed by atoms with van der Waals surface area (Å²) in [6, 6.07) is 9.14. The number of pyridine rings is 1. The molecule has 0 unspecified atom stereocenters. The van der Waals surface area contributed by atoms with Crippen LogP contribution >= 0.6 is 27.3 Å². The minimum atomic E-state index is 0.363. The molecule has 0 atom stereocenters. The summed E-state index contributed by atoms with van der Waals surface area (Å²) in [6.07, 6.45) is 0. The van der Waals surface area contributed by atoms with E-state index in [1.807, 2.05) is 12.1 Å². The lowest BCUT2D eigenvalue weighted by Gasteiger charge is -1.93. The molecule has 0 aliphatic carbocycles. The van der Waals surface area contributed by atoms with E-state index in [9.17, 15) is 0 Å². The van der Waals surface area contributed by atoms with E-state index in [1.165, 1.54) is 11.3 Å². The molecule has 0 radical (unpaired) electrons. The Morgan fingerprint density at radius 3 is 2.78 bits per heavy atom. The van der Waals surface area contributed by atoms with Crippen molar-refractivity contribution in [2.45, 2.75) is 0 Å². The molecular weight excluding hydrogens is 316 g/mol. The van der Waals surface area contributed by atoms with Gasteiger partial charge in [0.15, 0.2) is 0 Å². The third-order valence-electron chi connectivity index (χ3n) is 2.21. The largest absolute Gasteiger partial charge is 0.384 e. The number of nitrogens with two attached hydrogens (primary N) is 1. The fourth-order valence-electron chi connectivity index (χ4n) is 1.43. The summed E-state index contributed by atoms with van der Waals surface area (Å²) in [6.45, 7) is 0. The van der Waals surface area contributed by atoms with Gasteiger partial charge < -0.3 is 10.3 Å².